The van der Waals surface area contributed by atoms with E-state index in [9.17, 15) is 0 Å². The third-order valence-electron chi connectivity index (χ3n) is 3.35. The van der Waals surface area contributed by atoms with Crippen molar-refractivity contribution in [1.29, 1.82) is 0 Å². The summed E-state index contributed by atoms with van der Waals surface area (Å²) in [6, 6.07) is 12.3. The van der Waals surface area contributed by atoms with Gasteiger partial charge in [-0.25, -0.2) is 9.97 Å². The van der Waals surface area contributed by atoms with Crippen LogP contribution in [0.5, 0.6) is 0 Å². The van der Waals surface area contributed by atoms with Gasteiger partial charge in [-0.05, 0) is 36.4 Å². The molecule has 0 N–H and O–H groups in total. The second kappa shape index (κ2) is 3.95. The van der Waals surface area contributed by atoms with Crippen molar-refractivity contribution >= 4 is 11.0 Å². The van der Waals surface area contributed by atoms with E-state index in [0.717, 1.165) is 29.1 Å². The van der Waals surface area contributed by atoms with Crippen molar-refractivity contribution < 1.29 is 0 Å². The maximum atomic E-state index is 4.43. The van der Waals surface area contributed by atoms with Crippen LogP contribution < -0.4 is 0 Å². The van der Waals surface area contributed by atoms with Crippen LogP contribution >= 0.6 is 0 Å². The topological polar surface area (TPSA) is 35.6 Å². The Balaban J connectivity index is 1.81. The Morgan fingerprint density at radius 3 is 2.84 bits per heavy atom. The summed E-state index contributed by atoms with van der Waals surface area (Å²) in [5.74, 6) is 1.00. The zero-order valence-electron chi connectivity index (χ0n) is 10.3. The number of rotatable bonds is 2. The average molecular weight is 248 g/mol. The normalized spacial score (nSPS) is 11.4. The fourth-order valence-corrected chi connectivity index (χ4v) is 2.44. The summed E-state index contributed by atoms with van der Waals surface area (Å²) in [4.78, 5) is 8.84. The molecule has 0 aliphatic carbocycles. The summed E-state index contributed by atoms with van der Waals surface area (Å²) in [7, 11) is 0. The Kier molecular flexibility index (Phi) is 2.14. The lowest BCUT2D eigenvalue weighted by Gasteiger charge is -2.12. The molecule has 0 saturated carbocycles. The molecule has 0 amide bonds. The van der Waals surface area contributed by atoms with Crippen molar-refractivity contribution in [3.8, 4) is 11.4 Å². The smallest absolute Gasteiger partial charge is 0.141 e. The van der Waals surface area contributed by atoms with E-state index in [2.05, 4.69) is 43.5 Å². The van der Waals surface area contributed by atoms with E-state index in [1.165, 1.54) is 0 Å². The first kappa shape index (κ1) is 10.3. The predicted octanol–water partition coefficient (Wildman–Crippen LogP) is 2.84. The molecular formula is C15H12N4. The number of hydrogen-bond donors (Lipinski definition) is 0. The Morgan fingerprint density at radius 1 is 0.842 bits per heavy atom. The lowest BCUT2D eigenvalue weighted by molar-refractivity contribution is 0.618. The van der Waals surface area contributed by atoms with Gasteiger partial charge < -0.3 is 9.13 Å². The maximum absolute atomic E-state index is 4.43. The molecule has 4 rings (SSSR count). The predicted molar refractivity (Wildman–Crippen MR) is 74.0 cm³/mol. The number of pyridine rings is 2. The molecule has 4 nitrogen and oxygen atoms in total. The molecule has 92 valence electrons. The van der Waals surface area contributed by atoms with Gasteiger partial charge in [-0.1, -0.05) is 0 Å². The molecule has 0 bridgehead atoms. The lowest BCUT2D eigenvalue weighted by atomic mass is 10.2. The highest BCUT2D eigenvalue weighted by Crippen LogP contribution is 2.20. The van der Waals surface area contributed by atoms with Crippen molar-refractivity contribution in [3.63, 3.8) is 0 Å². The van der Waals surface area contributed by atoms with Crippen LogP contribution in [0.3, 0.4) is 0 Å². The minimum absolute atomic E-state index is 0.717. The van der Waals surface area contributed by atoms with E-state index in [0.29, 0.717) is 0 Å². The van der Waals surface area contributed by atoms with E-state index in [4.69, 9.17) is 0 Å². The second-order valence-corrected chi connectivity index (χ2v) is 4.54. The van der Waals surface area contributed by atoms with Crippen molar-refractivity contribution in [3.05, 3.63) is 61.2 Å². The third-order valence-corrected chi connectivity index (χ3v) is 3.35. The van der Waals surface area contributed by atoms with Crippen LogP contribution in [0.25, 0.3) is 22.4 Å². The monoisotopic (exact) mass is 248 g/mol. The highest BCUT2D eigenvalue weighted by Gasteiger charge is 2.08. The van der Waals surface area contributed by atoms with Crippen molar-refractivity contribution in [2.75, 3.05) is 0 Å². The van der Waals surface area contributed by atoms with Gasteiger partial charge in [-0.3, -0.25) is 0 Å². The molecule has 4 heteroatoms. The summed E-state index contributed by atoms with van der Waals surface area (Å²) >= 11 is 0. The van der Waals surface area contributed by atoms with E-state index in [-0.39, 0.29) is 0 Å². The standard InChI is InChI=1S/C15H12N4/c1-3-13-6-10-19(15(13)16-7-1)11-18-9-2-4-12-5-8-17-14(12)18/h1-10H,11H2. The third kappa shape index (κ3) is 1.61. The van der Waals surface area contributed by atoms with E-state index in [1.807, 2.05) is 36.8 Å². The van der Waals surface area contributed by atoms with E-state index >= 15 is 0 Å². The average Bonchev–Trinajstić information content (AvgIpc) is 3.06. The number of fused-ring (bicyclic) bond motifs is 2. The van der Waals surface area contributed by atoms with Gasteiger partial charge in [0.15, 0.2) is 0 Å². The van der Waals surface area contributed by atoms with Crippen molar-refractivity contribution in [2.24, 2.45) is 0 Å². The Bertz CT molecular complexity index is 812. The van der Waals surface area contributed by atoms with Crippen LogP contribution in [0.15, 0.2) is 61.2 Å². The molecule has 0 fully saturated rings. The van der Waals surface area contributed by atoms with Gasteiger partial charge in [0.1, 0.15) is 18.1 Å². The molecule has 0 aromatic carbocycles. The Morgan fingerprint density at radius 2 is 1.84 bits per heavy atom. The molecule has 0 atom stereocenters. The van der Waals surface area contributed by atoms with Crippen LogP contribution in [0.1, 0.15) is 0 Å². The number of aromatic nitrogens is 4. The molecule has 0 radical (unpaired) electrons. The largest absolute Gasteiger partial charge is 0.314 e. The van der Waals surface area contributed by atoms with E-state index in [1.54, 1.807) is 0 Å². The molecule has 19 heavy (non-hydrogen) atoms. The van der Waals surface area contributed by atoms with Crippen LogP contribution in [0.4, 0.5) is 0 Å². The summed E-state index contributed by atoms with van der Waals surface area (Å²) in [5, 5.41) is 1.16. The maximum Gasteiger partial charge on any atom is 0.141 e. The Labute approximate surface area is 110 Å². The molecule has 0 saturated heterocycles. The fraction of sp³-hybridized carbons (Fsp3) is 0.0667. The molecule has 2 aromatic rings. The van der Waals surface area contributed by atoms with Crippen LogP contribution in [-0.2, 0) is 6.67 Å². The van der Waals surface area contributed by atoms with Crippen LogP contribution in [0, 0.1) is 0 Å². The van der Waals surface area contributed by atoms with Gasteiger partial charge in [0.05, 0.1) is 0 Å². The number of hydrogen-bond acceptors (Lipinski definition) is 2. The minimum Gasteiger partial charge on any atom is -0.314 e. The van der Waals surface area contributed by atoms with Crippen molar-refractivity contribution in [1.82, 2.24) is 19.1 Å². The lowest BCUT2D eigenvalue weighted by Crippen LogP contribution is -2.10. The summed E-state index contributed by atoms with van der Waals surface area (Å²) in [5.41, 5.74) is 2.16. The van der Waals surface area contributed by atoms with E-state index < -0.39 is 0 Å². The molecule has 2 aromatic heterocycles. The first-order valence-electron chi connectivity index (χ1n) is 6.21. The fourth-order valence-electron chi connectivity index (χ4n) is 2.44. The summed E-state index contributed by atoms with van der Waals surface area (Å²) < 4.78 is 4.26. The molecule has 4 heterocycles. The van der Waals surface area contributed by atoms with Crippen LogP contribution in [-0.4, -0.2) is 19.1 Å². The van der Waals surface area contributed by atoms with Gasteiger partial charge in [0.25, 0.3) is 0 Å². The second-order valence-electron chi connectivity index (χ2n) is 4.54. The highest BCUT2D eigenvalue weighted by molar-refractivity contribution is 5.75. The van der Waals surface area contributed by atoms with Gasteiger partial charge >= 0.3 is 0 Å². The molecule has 0 unspecified atom stereocenters. The molecule has 0 spiro atoms. The molecule has 2 aliphatic heterocycles. The minimum atomic E-state index is 0.717. The summed E-state index contributed by atoms with van der Waals surface area (Å²) in [6.07, 6.45) is 7.77. The van der Waals surface area contributed by atoms with Crippen molar-refractivity contribution in [2.45, 2.75) is 6.67 Å². The van der Waals surface area contributed by atoms with Crippen LogP contribution in [0.2, 0.25) is 0 Å². The molecular weight excluding hydrogens is 236 g/mol. The molecule has 2 aliphatic rings. The zero-order chi connectivity index (χ0) is 12.7. The highest BCUT2D eigenvalue weighted by atomic mass is 15.2. The van der Waals surface area contributed by atoms with Gasteiger partial charge in [-0.2, -0.15) is 0 Å². The van der Waals surface area contributed by atoms with Gasteiger partial charge in [0.2, 0.25) is 0 Å². The zero-order valence-corrected chi connectivity index (χ0v) is 10.3. The SMILES string of the molecule is c1cnc2c(c1)ccn2Cn1cccc2ccnc1-2. The quantitative estimate of drug-likeness (QED) is 0.547. The van der Waals surface area contributed by atoms with Gasteiger partial charge in [0, 0.05) is 35.7 Å². The first-order valence-corrected chi connectivity index (χ1v) is 6.21. The van der Waals surface area contributed by atoms with Gasteiger partial charge in [-0.15, -0.1) is 0 Å². The summed E-state index contributed by atoms with van der Waals surface area (Å²) in [6.45, 7) is 0.717. The first-order chi connectivity index (χ1) is 9.42. The Hall–Kier alpha value is -2.62. The number of nitrogens with zero attached hydrogens (tertiary/aromatic N) is 4.